The predicted molar refractivity (Wildman–Crippen MR) is 86.1 cm³/mol. The van der Waals surface area contributed by atoms with Crippen molar-refractivity contribution in [2.24, 2.45) is 0 Å². The molecule has 0 N–H and O–H groups in total. The zero-order chi connectivity index (χ0) is 13.5. The largest absolute Gasteiger partial charge is 0.369 e. The van der Waals surface area contributed by atoms with Crippen LogP contribution >= 0.6 is 27.5 Å². The molecule has 0 aromatic heterocycles. The van der Waals surface area contributed by atoms with Crippen molar-refractivity contribution in [1.82, 2.24) is 0 Å². The first-order valence-electron chi connectivity index (χ1n) is 6.75. The molecule has 0 aliphatic carbocycles. The number of hydrogen-bond acceptors (Lipinski definition) is 1. The van der Waals surface area contributed by atoms with Gasteiger partial charge in [0.1, 0.15) is 0 Å². The van der Waals surface area contributed by atoms with E-state index in [0.717, 1.165) is 28.9 Å². The standard InChI is InChI=1S/C15H23BrClN/c1-4-6-9-18(12(3)5-2)14-8-7-13(11-16)15(17)10-14/h7-8,10,12H,4-6,9,11H2,1-3H3. The van der Waals surface area contributed by atoms with Gasteiger partial charge in [0, 0.05) is 28.6 Å². The second-order valence-corrected chi connectivity index (χ2v) is 5.68. The number of benzene rings is 1. The number of anilines is 1. The van der Waals surface area contributed by atoms with Crippen LogP contribution in [0.2, 0.25) is 5.02 Å². The van der Waals surface area contributed by atoms with E-state index in [9.17, 15) is 0 Å². The van der Waals surface area contributed by atoms with E-state index in [1.165, 1.54) is 18.5 Å². The summed E-state index contributed by atoms with van der Waals surface area (Å²) >= 11 is 9.76. The summed E-state index contributed by atoms with van der Waals surface area (Å²) in [4.78, 5) is 2.47. The van der Waals surface area contributed by atoms with Crippen LogP contribution in [0.4, 0.5) is 5.69 Å². The molecule has 1 rings (SSSR count). The zero-order valence-corrected chi connectivity index (χ0v) is 13.9. The number of alkyl halides is 1. The van der Waals surface area contributed by atoms with Crippen molar-refractivity contribution in [2.75, 3.05) is 11.4 Å². The Morgan fingerprint density at radius 3 is 2.56 bits per heavy atom. The number of rotatable bonds is 7. The van der Waals surface area contributed by atoms with Gasteiger partial charge in [-0.3, -0.25) is 0 Å². The van der Waals surface area contributed by atoms with Crippen LogP contribution in [-0.4, -0.2) is 12.6 Å². The van der Waals surface area contributed by atoms with Gasteiger partial charge in [-0.2, -0.15) is 0 Å². The third-order valence-corrected chi connectivity index (χ3v) is 4.34. The van der Waals surface area contributed by atoms with Crippen LogP contribution < -0.4 is 4.90 Å². The number of nitrogens with zero attached hydrogens (tertiary/aromatic N) is 1. The Kier molecular flexibility index (Phi) is 7.10. The van der Waals surface area contributed by atoms with Gasteiger partial charge in [-0.15, -0.1) is 0 Å². The maximum absolute atomic E-state index is 6.30. The van der Waals surface area contributed by atoms with E-state index < -0.39 is 0 Å². The fourth-order valence-corrected chi connectivity index (χ4v) is 2.87. The molecule has 18 heavy (non-hydrogen) atoms. The quantitative estimate of drug-likeness (QED) is 0.584. The minimum Gasteiger partial charge on any atom is -0.369 e. The Morgan fingerprint density at radius 2 is 2.06 bits per heavy atom. The van der Waals surface area contributed by atoms with Gasteiger partial charge < -0.3 is 4.90 Å². The van der Waals surface area contributed by atoms with Crippen molar-refractivity contribution in [3.8, 4) is 0 Å². The van der Waals surface area contributed by atoms with Gasteiger partial charge in [-0.1, -0.05) is 53.9 Å². The third kappa shape index (κ3) is 4.17. The van der Waals surface area contributed by atoms with Crippen LogP contribution in [-0.2, 0) is 5.33 Å². The van der Waals surface area contributed by atoms with Gasteiger partial charge in [-0.05, 0) is 37.5 Å². The molecule has 0 radical (unpaired) electrons. The SMILES string of the molecule is CCCCN(c1ccc(CBr)c(Cl)c1)C(C)CC. The van der Waals surface area contributed by atoms with E-state index in [1.54, 1.807) is 0 Å². The van der Waals surface area contributed by atoms with Gasteiger partial charge in [-0.25, -0.2) is 0 Å². The highest BCUT2D eigenvalue weighted by Crippen LogP contribution is 2.27. The zero-order valence-electron chi connectivity index (χ0n) is 11.5. The van der Waals surface area contributed by atoms with Crippen molar-refractivity contribution < 1.29 is 0 Å². The molecule has 0 aliphatic heterocycles. The van der Waals surface area contributed by atoms with Crippen LogP contribution in [0.25, 0.3) is 0 Å². The first kappa shape index (κ1) is 15.8. The van der Waals surface area contributed by atoms with Gasteiger partial charge in [0.25, 0.3) is 0 Å². The molecule has 1 aromatic carbocycles. The first-order chi connectivity index (χ1) is 8.63. The Hall–Kier alpha value is -0.210. The minimum atomic E-state index is 0.558. The van der Waals surface area contributed by atoms with Crippen molar-refractivity contribution in [1.29, 1.82) is 0 Å². The summed E-state index contributed by atoms with van der Waals surface area (Å²) in [6, 6.07) is 6.96. The average Bonchev–Trinajstić information content (AvgIpc) is 2.39. The van der Waals surface area contributed by atoms with E-state index in [-0.39, 0.29) is 0 Å². The van der Waals surface area contributed by atoms with E-state index >= 15 is 0 Å². The average molecular weight is 333 g/mol. The number of unbranched alkanes of at least 4 members (excludes halogenated alkanes) is 1. The lowest BCUT2D eigenvalue weighted by molar-refractivity contribution is 0.596. The normalized spacial score (nSPS) is 12.5. The summed E-state index contributed by atoms with van der Waals surface area (Å²) in [6.07, 6.45) is 3.60. The van der Waals surface area contributed by atoms with E-state index in [1.807, 2.05) is 0 Å². The lowest BCUT2D eigenvalue weighted by atomic mass is 10.1. The van der Waals surface area contributed by atoms with Crippen molar-refractivity contribution in [3.05, 3.63) is 28.8 Å². The van der Waals surface area contributed by atoms with Crippen LogP contribution in [0.15, 0.2) is 18.2 Å². The molecule has 0 heterocycles. The van der Waals surface area contributed by atoms with E-state index in [0.29, 0.717) is 6.04 Å². The van der Waals surface area contributed by atoms with E-state index in [2.05, 4.69) is 59.8 Å². The summed E-state index contributed by atoms with van der Waals surface area (Å²) < 4.78 is 0. The summed E-state index contributed by atoms with van der Waals surface area (Å²) in [5, 5.41) is 1.67. The Bertz CT molecular complexity index is 368. The molecule has 0 bridgehead atoms. The van der Waals surface area contributed by atoms with Gasteiger partial charge in [0.2, 0.25) is 0 Å². The Morgan fingerprint density at radius 1 is 1.33 bits per heavy atom. The fourth-order valence-electron chi connectivity index (χ4n) is 1.98. The van der Waals surface area contributed by atoms with Crippen LogP contribution in [0.1, 0.15) is 45.6 Å². The van der Waals surface area contributed by atoms with Crippen LogP contribution in [0, 0.1) is 0 Å². The molecular weight excluding hydrogens is 310 g/mol. The maximum Gasteiger partial charge on any atom is 0.0467 e. The topological polar surface area (TPSA) is 3.24 Å². The second-order valence-electron chi connectivity index (χ2n) is 4.71. The highest BCUT2D eigenvalue weighted by atomic mass is 79.9. The molecule has 0 fully saturated rings. The van der Waals surface area contributed by atoms with Crippen LogP contribution in [0.5, 0.6) is 0 Å². The summed E-state index contributed by atoms with van der Waals surface area (Å²) in [5.74, 6) is 0. The number of halogens is 2. The summed E-state index contributed by atoms with van der Waals surface area (Å²) in [7, 11) is 0. The molecular formula is C15H23BrClN. The van der Waals surface area contributed by atoms with Crippen molar-refractivity contribution >= 4 is 33.2 Å². The molecule has 0 saturated carbocycles. The Balaban J connectivity index is 2.93. The van der Waals surface area contributed by atoms with E-state index in [4.69, 9.17) is 11.6 Å². The highest BCUT2D eigenvalue weighted by Gasteiger charge is 2.13. The molecule has 1 atom stereocenters. The molecule has 0 amide bonds. The van der Waals surface area contributed by atoms with Crippen molar-refractivity contribution in [3.63, 3.8) is 0 Å². The summed E-state index contributed by atoms with van der Waals surface area (Å²) in [5.41, 5.74) is 2.40. The van der Waals surface area contributed by atoms with Crippen molar-refractivity contribution in [2.45, 2.75) is 51.4 Å². The lowest BCUT2D eigenvalue weighted by Crippen LogP contribution is -2.33. The predicted octanol–water partition coefficient (Wildman–Crippen LogP) is 5.64. The molecule has 1 unspecified atom stereocenters. The van der Waals surface area contributed by atoms with Gasteiger partial charge >= 0.3 is 0 Å². The maximum atomic E-state index is 6.30. The van der Waals surface area contributed by atoms with Gasteiger partial charge in [0.05, 0.1) is 0 Å². The highest BCUT2D eigenvalue weighted by molar-refractivity contribution is 9.08. The molecule has 0 saturated heterocycles. The smallest absolute Gasteiger partial charge is 0.0467 e. The molecule has 0 aliphatic rings. The minimum absolute atomic E-state index is 0.558. The molecule has 3 heteroatoms. The summed E-state index contributed by atoms with van der Waals surface area (Å²) in [6.45, 7) is 7.85. The number of hydrogen-bond donors (Lipinski definition) is 0. The molecule has 102 valence electrons. The molecule has 0 spiro atoms. The molecule has 1 aromatic rings. The monoisotopic (exact) mass is 331 g/mol. The van der Waals surface area contributed by atoms with Crippen LogP contribution in [0.3, 0.4) is 0 Å². The fraction of sp³-hybridized carbons (Fsp3) is 0.600. The second kappa shape index (κ2) is 8.06. The lowest BCUT2D eigenvalue weighted by Gasteiger charge is -2.31. The van der Waals surface area contributed by atoms with Gasteiger partial charge in [0.15, 0.2) is 0 Å². The molecule has 1 nitrogen and oxygen atoms in total. The Labute approximate surface area is 125 Å². The third-order valence-electron chi connectivity index (χ3n) is 3.39. The first-order valence-corrected chi connectivity index (χ1v) is 8.25.